The Morgan fingerprint density at radius 1 is 1.00 bits per heavy atom. The van der Waals surface area contributed by atoms with E-state index >= 15 is 0 Å². The predicted molar refractivity (Wildman–Crippen MR) is 111 cm³/mol. The van der Waals surface area contributed by atoms with Crippen molar-refractivity contribution in [2.45, 2.75) is 6.54 Å². The first-order valence-corrected chi connectivity index (χ1v) is 8.61. The summed E-state index contributed by atoms with van der Waals surface area (Å²) < 4.78 is 4.89. The van der Waals surface area contributed by atoms with Crippen molar-refractivity contribution < 1.29 is 4.18 Å². The van der Waals surface area contributed by atoms with Crippen LogP contribution in [0, 0.1) is 5.53 Å². The normalized spacial score (nSPS) is 11.1. The fraction of sp³-hybridized carbons (Fsp3) is 0.0500. The summed E-state index contributed by atoms with van der Waals surface area (Å²) in [5.41, 5.74) is 17.6. The van der Waals surface area contributed by atoms with Crippen LogP contribution in [0.15, 0.2) is 83.1 Å². The first kappa shape index (κ1) is 18.5. The summed E-state index contributed by atoms with van der Waals surface area (Å²) in [7, 11) is 0. The highest BCUT2D eigenvalue weighted by molar-refractivity contribution is 7.75. The van der Waals surface area contributed by atoms with Crippen molar-refractivity contribution in [3.63, 3.8) is 0 Å². The molecule has 3 aromatic rings. The van der Waals surface area contributed by atoms with Crippen LogP contribution in [0.5, 0.6) is 5.75 Å². The maximum absolute atomic E-state index is 6.76. The van der Waals surface area contributed by atoms with Gasteiger partial charge in [-0.15, -0.1) is 5.10 Å². The molecule has 6 nitrogen and oxygen atoms in total. The van der Waals surface area contributed by atoms with Crippen LogP contribution < -0.4 is 15.2 Å². The second-order valence-electron chi connectivity index (χ2n) is 5.83. The van der Waals surface area contributed by atoms with E-state index in [0.717, 1.165) is 27.9 Å². The molecule has 0 aliphatic rings. The standard InChI is InChI=1S/C20H19N5OS/c21-20(24-25-22)17-2-1-3-18(12-17)23-13-14-4-6-15(7-5-14)16-8-10-19(26-27)11-9-16/h1-12,23,27H,13H2,(H3,21,22,24). The van der Waals surface area contributed by atoms with Crippen LogP contribution in [0.4, 0.5) is 5.69 Å². The van der Waals surface area contributed by atoms with E-state index in [1.165, 1.54) is 0 Å². The summed E-state index contributed by atoms with van der Waals surface area (Å²) in [5.74, 6) is 0.930. The van der Waals surface area contributed by atoms with Gasteiger partial charge in [-0.1, -0.05) is 53.8 Å². The van der Waals surface area contributed by atoms with Crippen molar-refractivity contribution in [3.8, 4) is 16.9 Å². The number of nitrogens with one attached hydrogen (secondary N) is 2. The number of hydrogen-bond donors (Lipinski definition) is 4. The van der Waals surface area contributed by atoms with Crippen molar-refractivity contribution in [1.82, 2.24) is 0 Å². The minimum Gasteiger partial charge on any atom is -0.429 e. The van der Waals surface area contributed by atoms with Crippen molar-refractivity contribution in [3.05, 3.63) is 83.9 Å². The molecule has 0 aliphatic heterocycles. The van der Waals surface area contributed by atoms with Crippen molar-refractivity contribution >= 4 is 24.4 Å². The highest BCUT2D eigenvalue weighted by Crippen LogP contribution is 2.23. The summed E-state index contributed by atoms with van der Waals surface area (Å²) >= 11 is 3.79. The third-order valence-electron chi connectivity index (χ3n) is 4.06. The maximum atomic E-state index is 6.76. The van der Waals surface area contributed by atoms with Gasteiger partial charge in [0.05, 0.1) is 0 Å². The van der Waals surface area contributed by atoms with Gasteiger partial charge in [0.25, 0.3) is 0 Å². The van der Waals surface area contributed by atoms with Crippen LogP contribution >= 0.6 is 12.9 Å². The third-order valence-corrected chi connectivity index (χ3v) is 4.27. The Balaban J connectivity index is 1.66. The fourth-order valence-electron chi connectivity index (χ4n) is 2.63. The Kier molecular flexibility index (Phi) is 6.06. The molecule has 3 aromatic carbocycles. The minimum atomic E-state index is 0.215. The van der Waals surface area contributed by atoms with Gasteiger partial charge in [-0.3, -0.25) is 0 Å². The Morgan fingerprint density at radius 3 is 2.30 bits per heavy atom. The van der Waals surface area contributed by atoms with Gasteiger partial charge in [-0.2, -0.15) is 5.53 Å². The molecule has 0 saturated heterocycles. The molecule has 0 bridgehead atoms. The Bertz CT molecular complexity index is 939. The average molecular weight is 377 g/mol. The van der Waals surface area contributed by atoms with Crippen LogP contribution in [0.3, 0.4) is 0 Å². The Morgan fingerprint density at radius 2 is 1.67 bits per heavy atom. The zero-order valence-corrected chi connectivity index (χ0v) is 15.4. The molecule has 7 heteroatoms. The van der Waals surface area contributed by atoms with E-state index < -0.39 is 0 Å². The molecule has 3 rings (SSSR count). The summed E-state index contributed by atoms with van der Waals surface area (Å²) in [6.45, 7) is 0.677. The zero-order valence-electron chi connectivity index (χ0n) is 14.5. The van der Waals surface area contributed by atoms with Gasteiger partial charge < -0.3 is 15.2 Å². The topological polar surface area (TPSA) is 95.9 Å². The predicted octanol–water partition coefficient (Wildman–Crippen LogP) is 4.84. The second kappa shape index (κ2) is 8.86. The van der Waals surface area contributed by atoms with Crippen molar-refractivity contribution in [1.29, 1.82) is 5.53 Å². The number of thiol groups is 1. The molecule has 0 saturated carbocycles. The molecule has 0 fully saturated rings. The maximum Gasteiger partial charge on any atom is 0.155 e. The number of benzene rings is 3. The highest BCUT2D eigenvalue weighted by Gasteiger charge is 2.02. The lowest BCUT2D eigenvalue weighted by Gasteiger charge is -2.09. The van der Waals surface area contributed by atoms with Gasteiger partial charge in [0, 0.05) is 30.7 Å². The molecule has 4 N–H and O–H groups in total. The highest BCUT2D eigenvalue weighted by atomic mass is 32.1. The molecule has 0 aromatic heterocycles. The summed E-state index contributed by atoms with van der Waals surface area (Å²) in [4.78, 5) is 0. The van der Waals surface area contributed by atoms with Gasteiger partial charge in [0.1, 0.15) is 5.75 Å². The number of nitrogens with zero attached hydrogens (tertiary/aromatic N) is 2. The molecule has 0 amide bonds. The van der Waals surface area contributed by atoms with Gasteiger partial charge in [-0.25, -0.2) is 0 Å². The first-order valence-electron chi connectivity index (χ1n) is 8.24. The van der Waals surface area contributed by atoms with Crippen LogP contribution in [0.2, 0.25) is 0 Å². The molecular weight excluding hydrogens is 358 g/mol. The molecule has 27 heavy (non-hydrogen) atoms. The Labute approximate surface area is 163 Å². The average Bonchev–Trinajstić information content (AvgIpc) is 2.73. The minimum absolute atomic E-state index is 0.215. The molecule has 0 radical (unpaired) electrons. The summed E-state index contributed by atoms with van der Waals surface area (Å²) in [5, 5.41) is 9.87. The van der Waals surface area contributed by atoms with Crippen molar-refractivity contribution in [2.75, 3.05) is 5.32 Å². The smallest absolute Gasteiger partial charge is 0.155 e. The van der Waals surface area contributed by atoms with E-state index in [9.17, 15) is 0 Å². The van der Waals surface area contributed by atoms with E-state index in [0.29, 0.717) is 12.3 Å². The van der Waals surface area contributed by atoms with Gasteiger partial charge in [-0.05, 0) is 41.0 Å². The van der Waals surface area contributed by atoms with Gasteiger partial charge in [0.2, 0.25) is 0 Å². The lowest BCUT2D eigenvalue weighted by atomic mass is 10.0. The van der Waals surface area contributed by atoms with E-state index in [2.05, 4.69) is 52.8 Å². The lowest BCUT2D eigenvalue weighted by Crippen LogP contribution is -2.12. The first-order chi connectivity index (χ1) is 13.2. The molecule has 0 aliphatic carbocycles. The number of rotatable bonds is 7. The molecular formula is C20H19N5OS. The van der Waals surface area contributed by atoms with E-state index in [-0.39, 0.29) is 5.84 Å². The third kappa shape index (κ3) is 4.86. The molecule has 0 unspecified atom stereocenters. The molecule has 0 atom stereocenters. The van der Waals surface area contributed by atoms with E-state index in [1.807, 2.05) is 48.5 Å². The van der Waals surface area contributed by atoms with E-state index in [1.54, 1.807) is 0 Å². The number of anilines is 1. The largest absolute Gasteiger partial charge is 0.429 e. The van der Waals surface area contributed by atoms with Crippen LogP contribution in [-0.2, 0) is 6.54 Å². The summed E-state index contributed by atoms with van der Waals surface area (Å²) in [6, 6.07) is 23.7. The second-order valence-corrected chi connectivity index (χ2v) is 6.01. The van der Waals surface area contributed by atoms with Crippen LogP contribution in [0.1, 0.15) is 11.1 Å². The SMILES string of the molecule is N=NN=C(N)c1cccc(NCc2ccc(-c3ccc(OS)cc3)cc2)c1. The monoisotopic (exact) mass is 377 g/mol. The zero-order chi connectivity index (χ0) is 19.1. The van der Waals surface area contributed by atoms with E-state index in [4.69, 9.17) is 15.4 Å². The molecule has 0 spiro atoms. The van der Waals surface area contributed by atoms with Crippen LogP contribution in [0.25, 0.3) is 11.1 Å². The fourth-order valence-corrected chi connectivity index (χ4v) is 2.75. The van der Waals surface area contributed by atoms with Gasteiger partial charge in [0.15, 0.2) is 5.84 Å². The number of nitrogens with two attached hydrogens (primary N) is 1. The van der Waals surface area contributed by atoms with Crippen molar-refractivity contribution in [2.24, 2.45) is 16.1 Å². The Hall–Kier alpha value is -3.32. The summed E-state index contributed by atoms with van der Waals surface area (Å²) in [6.07, 6.45) is 0. The lowest BCUT2D eigenvalue weighted by molar-refractivity contribution is 0.659. The molecule has 0 heterocycles. The number of hydrogen-bond acceptors (Lipinski definition) is 5. The quantitative estimate of drug-likeness (QED) is 0.118. The number of amidine groups is 1. The molecule has 136 valence electrons. The van der Waals surface area contributed by atoms with Crippen LogP contribution in [-0.4, -0.2) is 5.84 Å². The van der Waals surface area contributed by atoms with Gasteiger partial charge >= 0.3 is 0 Å².